The van der Waals surface area contributed by atoms with Crippen molar-refractivity contribution >= 4 is 22.5 Å². The lowest BCUT2D eigenvalue weighted by Gasteiger charge is -2.18. The zero-order chi connectivity index (χ0) is 24.8. The first-order valence-electron chi connectivity index (χ1n) is 12.2. The van der Waals surface area contributed by atoms with Gasteiger partial charge in [-0.05, 0) is 92.4 Å². The summed E-state index contributed by atoms with van der Waals surface area (Å²) in [6.45, 7) is 4.19. The van der Waals surface area contributed by atoms with Gasteiger partial charge >= 0.3 is 0 Å². The van der Waals surface area contributed by atoms with Gasteiger partial charge in [0, 0.05) is 23.1 Å². The highest BCUT2D eigenvalue weighted by molar-refractivity contribution is 7.78. The van der Waals surface area contributed by atoms with Gasteiger partial charge in [0.15, 0.2) is 0 Å². The van der Waals surface area contributed by atoms with Crippen molar-refractivity contribution in [3.63, 3.8) is 0 Å². The van der Waals surface area contributed by atoms with E-state index in [1.165, 1.54) is 5.70 Å². The number of H-pyrrole nitrogens is 3. The Hall–Kier alpha value is -3.69. The molecule has 2 aliphatic rings. The quantitative estimate of drug-likeness (QED) is 0.276. The van der Waals surface area contributed by atoms with Crippen molar-refractivity contribution in [2.24, 2.45) is 0 Å². The van der Waals surface area contributed by atoms with Crippen LogP contribution in [0.4, 0.5) is 0 Å². The van der Waals surface area contributed by atoms with E-state index in [9.17, 15) is 8.76 Å². The SMILES string of the molecule is Cc1ccc(-c2ccc(C3C=C/C(=c4/cc/c(=c5/cc/c(=C6/CCC(C)N6)[nH]5)[nH]4)N3)n2CS(=O)[O-])[nH]1. The van der Waals surface area contributed by atoms with Crippen LogP contribution in [0.3, 0.4) is 0 Å². The minimum Gasteiger partial charge on any atom is -0.771 e. The highest BCUT2D eigenvalue weighted by Gasteiger charge is 2.21. The molecule has 6 rings (SSSR count). The molecule has 3 atom stereocenters. The Labute approximate surface area is 210 Å². The highest BCUT2D eigenvalue weighted by Crippen LogP contribution is 2.29. The Balaban J connectivity index is 1.33. The maximum Gasteiger partial charge on any atom is 0.0854 e. The third-order valence-corrected chi connectivity index (χ3v) is 7.44. The number of hydrogen-bond donors (Lipinski definition) is 5. The summed E-state index contributed by atoms with van der Waals surface area (Å²) < 4.78 is 25.2. The fourth-order valence-corrected chi connectivity index (χ4v) is 5.64. The summed E-state index contributed by atoms with van der Waals surface area (Å²) in [7, 11) is 0. The molecule has 0 aliphatic carbocycles. The number of nitrogens with zero attached hydrogens (tertiary/aromatic N) is 1. The maximum atomic E-state index is 11.7. The number of hydrogen-bond acceptors (Lipinski definition) is 4. The second kappa shape index (κ2) is 9.07. The van der Waals surface area contributed by atoms with Crippen LogP contribution in [0.25, 0.3) is 22.8 Å². The van der Waals surface area contributed by atoms with Gasteiger partial charge in [-0.25, -0.2) is 0 Å². The molecule has 4 aromatic rings. The molecule has 5 N–H and O–H groups in total. The predicted molar refractivity (Wildman–Crippen MR) is 140 cm³/mol. The minimum atomic E-state index is -2.22. The molecule has 36 heavy (non-hydrogen) atoms. The van der Waals surface area contributed by atoms with E-state index in [2.05, 4.69) is 62.9 Å². The molecule has 186 valence electrons. The van der Waals surface area contributed by atoms with Crippen LogP contribution in [-0.2, 0) is 17.0 Å². The number of rotatable bonds is 4. The molecule has 2 aliphatic heterocycles. The van der Waals surface area contributed by atoms with Crippen molar-refractivity contribution in [2.45, 2.75) is 44.6 Å². The monoisotopic (exact) mass is 501 g/mol. The normalized spacial score (nSPS) is 24.2. The molecule has 8 nitrogen and oxygen atoms in total. The summed E-state index contributed by atoms with van der Waals surface area (Å²) in [5.74, 6) is -0.106. The van der Waals surface area contributed by atoms with Crippen LogP contribution in [0.5, 0.6) is 0 Å². The predicted octanol–water partition coefficient (Wildman–Crippen LogP) is 2.46. The maximum absolute atomic E-state index is 11.7. The molecule has 6 heterocycles. The van der Waals surface area contributed by atoms with Gasteiger partial charge in [0.2, 0.25) is 0 Å². The molecule has 0 bridgehead atoms. The first-order chi connectivity index (χ1) is 17.4. The Bertz CT molecular complexity index is 1700. The molecule has 0 saturated carbocycles. The van der Waals surface area contributed by atoms with Gasteiger partial charge in [-0.2, -0.15) is 0 Å². The number of nitrogens with one attached hydrogen (secondary N) is 5. The second-order valence-corrected chi connectivity index (χ2v) is 10.5. The molecule has 0 spiro atoms. The van der Waals surface area contributed by atoms with E-state index < -0.39 is 11.1 Å². The molecular weight excluding hydrogens is 472 g/mol. The fourth-order valence-electron chi connectivity index (χ4n) is 5.14. The van der Waals surface area contributed by atoms with E-state index in [1.54, 1.807) is 0 Å². The number of aromatic nitrogens is 4. The molecule has 1 fully saturated rings. The zero-order valence-electron chi connectivity index (χ0n) is 20.2. The van der Waals surface area contributed by atoms with E-state index in [1.807, 2.05) is 41.8 Å². The molecular formula is C27H29N6O2S-. The summed E-state index contributed by atoms with van der Waals surface area (Å²) in [4.78, 5) is 10.4. The van der Waals surface area contributed by atoms with Gasteiger partial charge in [0.05, 0.1) is 50.4 Å². The average Bonchev–Trinajstić information content (AvgIpc) is 3.65. The van der Waals surface area contributed by atoms with Gasteiger partial charge in [0.1, 0.15) is 0 Å². The summed E-state index contributed by atoms with van der Waals surface area (Å²) in [5.41, 5.74) is 5.90. The lowest BCUT2D eigenvalue weighted by atomic mass is 10.2. The standard InChI is InChI=1S/C27H30N6O2S/c1-16-3-5-18(28-16)19-7-8-20(30-19)21-9-10-22(31-21)23-11-12-25(32-23)27-14-13-26(33(27)15-36(34)35)24-6-4-17(2)29-24/h4,6-14,16,25,28-32H,3,5,15H2,1-2H3,(H,34,35)/p-1/b19-18+,21-20+,23-22+. The van der Waals surface area contributed by atoms with Crippen molar-refractivity contribution in [1.82, 2.24) is 30.2 Å². The van der Waals surface area contributed by atoms with Crippen LogP contribution in [0.2, 0.25) is 0 Å². The van der Waals surface area contributed by atoms with Crippen molar-refractivity contribution in [3.05, 3.63) is 93.5 Å². The minimum absolute atomic E-state index is 0.106. The van der Waals surface area contributed by atoms with Crippen LogP contribution in [0, 0.1) is 17.6 Å². The average molecular weight is 502 g/mol. The molecule has 0 radical (unpaired) electrons. The second-order valence-electron chi connectivity index (χ2n) is 9.59. The molecule has 1 saturated heterocycles. The van der Waals surface area contributed by atoms with E-state index in [0.29, 0.717) is 6.04 Å². The summed E-state index contributed by atoms with van der Waals surface area (Å²) >= 11 is -2.22. The van der Waals surface area contributed by atoms with Crippen LogP contribution in [0.15, 0.2) is 60.7 Å². The molecule has 9 heteroatoms. The summed E-state index contributed by atoms with van der Waals surface area (Å²) in [5, 5.41) is 11.3. The van der Waals surface area contributed by atoms with Gasteiger partial charge in [0.25, 0.3) is 0 Å². The molecule has 0 aromatic carbocycles. The Morgan fingerprint density at radius 2 is 1.69 bits per heavy atom. The van der Waals surface area contributed by atoms with E-state index >= 15 is 0 Å². The lowest BCUT2D eigenvalue weighted by Crippen LogP contribution is -2.22. The number of aryl methyl sites for hydroxylation is 1. The largest absolute Gasteiger partial charge is 0.771 e. The van der Waals surface area contributed by atoms with Gasteiger partial charge in [-0.1, -0.05) is 6.08 Å². The van der Waals surface area contributed by atoms with Crippen LogP contribution in [0.1, 0.15) is 37.2 Å². The van der Waals surface area contributed by atoms with Crippen LogP contribution < -0.4 is 21.3 Å². The molecule has 3 unspecified atom stereocenters. The third-order valence-electron chi connectivity index (χ3n) is 6.97. The Morgan fingerprint density at radius 3 is 2.39 bits per heavy atom. The van der Waals surface area contributed by atoms with E-state index in [-0.39, 0.29) is 11.9 Å². The first-order valence-corrected chi connectivity index (χ1v) is 13.4. The van der Waals surface area contributed by atoms with E-state index in [4.69, 9.17) is 0 Å². The van der Waals surface area contributed by atoms with Gasteiger partial charge < -0.3 is 34.7 Å². The van der Waals surface area contributed by atoms with Crippen molar-refractivity contribution in [1.29, 1.82) is 0 Å². The lowest BCUT2D eigenvalue weighted by molar-refractivity contribution is 0.523. The first kappa shape index (κ1) is 22.8. The van der Waals surface area contributed by atoms with Crippen LogP contribution >= 0.6 is 0 Å². The summed E-state index contributed by atoms with van der Waals surface area (Å²) in [6.07, 6.45) is 6.34. The smallest absolute Gasteiger partial charge is 0.0854 e. The van der Waals surface area contributed by atoms with Gasteiger partial charge in [-0.3, -0.25) is 4.21 Å². The van der Waals surface area contributed by atoms with Crippen molar-refractivity contribution < 1.29 is 8.76 Å². The van der Waals surface area contributed by atoms with Crippen LogP contribution in [-0.4, -0.2) is 34.3 Å². The van der Waals surface area contributed by atoms with Crippen molar-refractivity contribution in [3.8, 4) is 11.4 Å². The van der Waals surface area contributed by atoms with Crippen molar-refractivity contribution in [2.75, 3.05) is 0 Å². The summed E-state index contributed by atoms with van der Waals surface area (Å²) in [6, 6.07) is 16.7. The van der Waals surface area contributed by atoms with Gasteiger partial charge in [-0.15, -0.1) is 0 Å². The number of aromatic amines is 3. The molecule has 0 amide bonds. The van der Waals surface area contributed by atoms with E-state index in [0.717, 1.165) is 62.7 Å². The topological polar surface area (TPSA) is 116 Å². The Morgan fingerprint density at radius 1 is 0.944 bits per heavy atom. The zero-order valence-corrected chi connectivity index (χ0v) is 21.0. The molecule has 4 aromatic heterocycles. The third kappa shape index (κ3) is 4.25. The fraction of sp³-hybridized carbons (Fsp3) is 0.259. The highest BCUT2D eigenvalue weighted by atomic mass is 32.2. The Kier molecular flexibility index (Phi) is 5.73.